The Kier molecular flexibility index (Phi) is 5.72. The number of anilines is 1. The molecule has 2 N–H and O–H groups in total. The quantitative estimate of drug-likeness (QED) is 0.566. The Hall–Kier alpha value is -3.23. The molecule has 1 fully saturated rings. The van der Waals surface area contributed by atoms with Gasteiger partial charge in [-0.25, -0.2) is 9.59 Å². The van der Waals surface area contributed by atoms with Crippen LogP contribution < -0.4 is 4.90 Å². The van der Waals surface area contributed by atoms with Crippen molar-refractivity contribution in [1.82, 2.24) is 0 Å². The van der Waals surface area contributed by atoms with Crippen LogP contribution in [0.25, 0.3) is 6.08 Å². The molecule has 0 aliphatic carbocycles. The first-order valence-electron chi connectivity index (χ1n) is 7.98. The normalized spacial score (nSPS) is 15.6. The van der Waals surface area contributed by atoms with E-state index >= 15 is 0 Å². The van der Waals surface area contributed by atoms with Crippen molar-refractivity contribution in [3.05, 3.63) is 82.3 Å². The molecule has 1 heterocycles. The maximum absolute atomic E-state index is 12.7. The second-order valence-corrected chi connectivity index (χ2v) is 7.36. The lowest BCUT2D eigenvalue weighted by Crippen LogP contribution is -2.28. The average molecular weight is 411 g/mol. The zero-order valence-corrected chi connectivity index (χ0v) is 15.9. The number of thioether (sulfide) groups is 1. The third-order valence-electron chi connectivity index (χ3n) is 3.80. The van der Waals surface area contributed by atoms with Gasteiger partial charge in [0.25, 0.3) is 5.91 Å². The fraction of sp³-hybridized carbons (Fsp3) is 0. The van der Waals surface area contributed by atoms with Crippen LogP contribution in [0.5, 0.6) is 0 Å². The van der Waals surface area contributed by atoms with Gasteiger partial charge in [-0.3, -0.25) is 9.69 Å². The molecule has 0 radical (unpaired) electrons. The topological polar surface area (TPSA) is 94.9 Å². The van der Waals surface area contributed by atoms with Gasteiger partial charge < -0.3 is 10.2 Å². The summed E-state index contributed by atoms with van der Waals surface area (Å²) in [5, 5.41) is 18.4. The molecule has 2 aromatic rings. The monoisotopic (exact) mass is 411 g/mol. The van der Waals surface area contributed by atoms with E-state index < -0.39 is 17.8 Å². The Morgan fingerprint density at radius 1 is 1.00 bits per heavy atom. The Bertz CT molecular complexity index is 1010. The number of carbonyl (C=O) groups is 3. The molecule has 3 rings (SSSR count). The van der Waals surface area contributed by atoms with Gasteiger partial charge in [0.2, 0.25) is 0 Å². The first kappa shape index (κ1) is 19.5. The summed E-state index contributed by atoms with van der Waals surface area (Å²) < 4.78 is 0.197. The summed E-state index contributed by atoms with van der Waals surface area (Å²) >= 11 is 6.31. The van der Waals surface area contributed by atoms with E-state index in [1.807, 2.05) is 36.4 Å². The van der Waals surface area contributed by atoms with Crippen LogP contribution in [0.1, 0.15) is 26.3 Å². The predicted octanol–water partition coefficient (Wildman–Crippen LogP) is 4.05. The first-order chi connectivity index (χ1) is 13.4. The van der Waals surface area contributed by atoms with Crippen LogP contribution >= 0.6 is 24.0 Å². The highest BCUT2D eigenvalue weighted by molar-refractivity contribution is 8.27. The minimum atomic E-state index is -1.30. The molecule has 6 nitrogen and oxygen atoms in total. The summed E-state index contributed by atoms with van der Waals surface area (Å²) in [5.41, 5.74) is 0.596. The Morgan fingerprint density at radius 3 is 2.18 bits per heavy atom. The fourth-order valence-electron chi connectivity index (χ4n) is 2.50. The van der Waals surface area contributed by atoms with Gasteiger partial charge in [0.05, 0.1) is 21.7 Å². The highest BCUT2D eigenvalue weighted by Gasteiger charge is 2.33. The van der Waals surface area contributed by atoms with Crippen LogP contribution in [0.15, 0.2) is 65.6 Å². The van der Waals surface area contributed by atoms with E-state index in [4.69, 9.17) is 12.2 Å². The van der Waals surface area contributed by atoms with Crippen molar-refractivity contribution in [3.8, 4) is 0 Å². The van der Waals surface area contributed by atoms with Gasteiger partial charge in [0, 0.05) is 0 Å². The minimum absolute atomic E-state index is 0.107. The molecule has 0 atom stereocenters. The van der Waals surface area contributed by atoms with Crippen molar-refractivity contribution in [2.75, 3.05) is 4.90 Å². The molecule has 0 unspecified atom stereocenters. The molecule has 2 aromatic carbocycles. The number of carbonyl (C=O) groups excluding carboxylic acids is 1. The third-order valence-corrected chi connectivity index (χ3v) is 5.12. The molecule has 0 aromatic heterocycles. The van der Waals surface area contributed by atoms with Gasteiger partial charge in [-0.2, -0.15) is 0 Å². The number of allylic oxidation sites excluding steroid dienone is 2. The largest absolute Gasteiger partial charge is 0.478 e. The molecule has 28 heavy (non-hydrogen) atoms. The highest BCUT2D eigenvalue weighted by atomic mass is 32.2. The smallest absolute Gasteiger partial charge is 0.335 e. The van der Waals surface area contributed by atoms with E-state index in [1.165, 1.54) is 12.1 Å². The van der Waals surface area contributed by atoms with Crippen molar-refractivity contribution < 1.29 is 24.6 Å². The lowest BCUT2D eigenvalue weighted by molar-refractivity contribution is -0.113. The Morgan fingerprint density at radius 2 is 1.61 bits per heavy atom. The van der Waals surface area contributed by atoms with Crippen molar-refractivity contribution in [2.45, 2.75) is 0 Å². The lowest BCUT2D eigenvalue weighted by Gasteiger charge is -2.16. The molecule has 1 aliphatic rings. The molecular weight excluding hydrogens is 398 g/mol. The summed E-state index contributed by atoms with van der Waals surface area (Å²) in [7, 11) is 0. The van der Waals surface area contributed by atoms with E-state index in [0.29, 0.717) is 4.91 Å². The molecule has 8 heteroatoms. The maximum Gasteiger partial charge on any atom is 0.335 e. The van der Waals surface area contributed by atoms with Crippen molar-refractivity contribution in [1.29, 1.82) is 0 Å². The van der Waals surface area contributed by atoms with Gasteiger partial charge in [-0.15, -0.1) is 0 Å². The summed E-state index contributed by atoms with van der Waals surface area (Å²) in [6.45, 7) is 0. The molecule has 1 aliphatic heterocycles. The number of amides is 1. The van der Waals surface area contributed by atoms with Crippen LogP contribution in [0.3, 0.4) is 0 Å². The number of carboxylic acid groups (broad SMARTS) is 2. The molecule has 0 spiro atoms. The van der Waals surface area contributed by atoms with Crippen LogP contribution in [-0.4, -0.2) is 32.4 Å². The zero-order valence-electron chi connectivity index (χ0n) is 14.2. The van der Waals surface area contributed by atoms with E-state index in [1.54, 1.807) is 12.2 Å². The molecule has 140 valence electrons. The maximum atomic E-state index is 12.7. The van der Waals surface area contributed by atoms with Gasteiger partial charge in [0.15, 0.2) is 4.32 Å². The second kappa shape index (κ2) is 8.20. The van der Waals surface area contributed by atoms with Gasteiger partial charge >= 0.3 is 11.9 Å². The number of carboxylic acids is 2. The molecular formula is C20H13NO5S2. The zero-order chi connectivity index (χ0) is 20.3. The first-order valence-corrected chi connectivity index (χ1v) is 9.20. The Balaban J connectivity index is 1.92. The number of rotatable bonds is 5. The number of nitrogens with zero attached hydrogens (tertiary/aromatic N) is 1. The summed E-state index contributed by atoms with van der Waals surface area (Å²) in [5.74, 6) is -3.03. The number of benzene rings is 2. The lowest BCUT2D eigenvalue weighted by atomic mass is 10.1. The fourth-order valence-corrected chi connectivity index (χ4v) is 3.75. The average Bonchev–Trinajstić information content (AvgIpc) is 2.95. The van der Waals surface area contributed by atoms with Crippen molar-refractivity contribution in [3.63, 3.8) is 0 Å². The SMILES string of the molecule is O=C(O)c1cc(C(=O)O)cc(N2C(=O)C(=CC=Cc3ccccc3)SC2=S)c1. The van der Waals surface area contributed by atoms with Crippen molar-refractivity contribution >= 4 is 57.9 Å². The van der Waals surface area contributed by atoms with E-state index in [9.17, 15) is 24.6 Å². The number of aromatic carboxylic acids is 2. The van der Waals surface area contributed by atoms with E-state index in [0.717, 1.165) is 28.3 Å². The van der Waals surface area contributed by atoms with Gasteiger partial charge in [0.1, 0.15) is 0 Å². The number of hydrogen-bond acceptors (Lipinski definition) is 5. The molecule has 1 saturated heterocycles. The van der Waals surface area contributed by atoms with E-state index in [-0.39, 0.29) is 21.1 Å². The number of thiocarbonyl (C=S) groups is 1. The molecule has 1 amide bonds. The van der Waals surface area contributed by atoms with Crippen LogP contribution in [0.2, 0.25) is 0 Å². The molecule has 0 saturated carbocycles. The summed E-state index contributed by atoms with van der Waals surface area (Å²) in [4.78, 5) is 36.8. The highest BCUT2D eigenvalue weighted by Crippen LogP contribution is 2.35. The predicted molar refractivity (Wildman–Crippen MR) is 112 cm³/mol. The Labute approximate surface area is 169 Å². The minimum Gasteiger partial charge on any atom is -0.478 e. The standard InChI is InChI=1S/C20H13NO5S2/c22-17-16(8-4-7-12-5-2-1-3-6-12)28-20(27)21(17)15-10-13(18(23)24)9-14(11-15)19(25)26/h1-11H,(H,23,24)(H,25,26). The van der Waals surface area contributed by atoms with Crippen molar-refractivity contribution in [2.24, 2.45) is 0 Å². The van der Waals surface area contributed by atoms with Gasteiger partial charge in [-0.1, -0.05) is 66.5 Å². The van der Waals surface area contributed by atoms with E-state index in [2.05, 4.69) is 0 Å². The van der Waals surface area contributed by atoms with Crippen LogP contribution in [-0.2, 0) is 4.79 Å². The van der Waals surface area contributed by atoms with Crippen LogP contribution in [0, 0.1) is 0 Å². The van der Waals surface area contributed by atoms with Gasteiger partial charge in [-0.05, 0) is 29.8 Å². The summed E-state index contributed by atoms with van der Waals surface area (Å²) in [6, 6.07) is 13.0. The second-order valence-electron chi connectivity index (χ2n) is 5.69. The number of hydrogen-bond donors (Lipinski definition) is 2. The third kappa shape index (κ3) is 4.19. The molecule has 0 bridgehead atoms. The summed E-state index contributed by atoms with van der Waals surface area (Å²) in [6.07, 6.45) is 5.17. The van der Waals surface area contributed by atoms with Crippen LogP contribution in [0.4, 0.5) is 5.69 Å².